The van der Waals surface area contributed by atoms with Crippen LogP contribution in [0.2, 0.25) is 0 Å². The molecule has 0 aliphatic rings. The standard InChI is InChI=1S/C16H15BrFNO/c1-11-3-2-4-12(9-11)7-8-19-16(20)13-5-6-15(18)14(17)10-13/h2-6,9-10H,7-8H2,1H3,(H,19,20). The Kier molecular flexibility index (Phi) is 4.90. The summed E-state index contributed by atoms with van der Waals surface area (Å²) < 4.78 is 13.4. The molecule has 0 atom stereocenters. The summed E-state index contributed by atoms with van der Waals surface area (Å²) in [7, 11) is 0. The molecule has 0 aromatic heterocycles. The third-order valence-electron chi connectivity index (χ3n) is 2.96. The molecule has 0 heterocycles. The number of carbonyl (C=O) groups excluding carboxylic acids is 1. The first-order chi connectivity index (χ1) is 9.56. The Labute approximate surface area is 126 Å². The second-order valence-electron chi connectivity index (χ2n) is 4.62. The summed E-state index contributed by atoms with van der Waals surface area (Å²) in [4.78, 5) is 11.9. The molecule has 2 rings (SSSR count). The van der Waals surface area contributed by atoms with E-state index < -0.39 is 0 Å². The van der Waals surface area contributed by atoms with Gasteiger partial charge in [0.15, 0.2) is 0 Å². The maximum Gasteiger partial charge on any atom is 0.251 e. The van der Waals surface area contributed by atoms with Crippen molar-refractivity contribution in [2.45, 2.75) is 13.3 Å². The number of benzene rings is 2. The van der Waals surface area contributed by atoms with E-state index in [9.17, 15) is 9.18 Å². The van der Waals surface area contributed by atoms with Crippen LogP contribution in [-0.2, 0) is 6.42 Å². The van der Waals surface area contributed by atoms with Crippen molar-refractivity contribution in [2.75, 3.05) is 6.54 Å². The van der Waals surface area contributed by atoms with E-state index in [4.69, 9.17) is 0 Å². The highest BCUT2D eigenvalue weighted by Gasteiger charge is 2.07. The molecule has 2 aromatic carbocycles. The third-order valence-corrected chi connectivity index (χ3v) is 3.57. The van der Waals surface area contributed by atoms with Crippen molar-refractivity contribution in [3.63, 3.8) is 0 Å². The van der Waals surface area contributed by atoms with Crippen molar-refractivity contribution < 1.29 is 9.18 Å². The molecule has 4 heteroatoms. The first-order valence-electron chi connectivity index (χ1n) is 6.35. The van der Waals surface area contributed by atoms with Crippen molar-refractivity contribution >= 4 is 21.8 Å². The molecule has 1 amide bonds. The lowest BCUT2D eigenvalue weighted by atomic mass is 10.1. The lowest BCUT2D eigenvalue weighted by molar-refractivity contribution is 0.0954. The van der Waals surface area contributed by atoms with Gasteiger partial charge in [-0.2, -0.15) is 0 Å². The molecule has 20 heavy (non-hydrogen) atoms. The van der Waals surface area contributed by atoms with Crippen LogP contribution < -0.4 is 5.32 Å². The van der Waals surface area contributed by atoms with Gasteiger partial charge in [-0.3, -0.25) is 4.79 Å². The molecule has 0 spiro atoms. The van der Waals surface area contributed by atoms with Gasteiger partial charge in [-0.1, -0.05) is 29.8 Å². The Morgan fingerprint density at radius 2 is 2.05 bits per heavy atom. The van der Waals surface area contributed by atoms with E-state index in [0.717, 1.165) is 6.42 Å². The van der Waals surface area contributed by atoms with Gasteiger partial charge >= 0.3 is 0 Å². The van der Waals surface area contributed by atoms with Crippen LogP contribution >= 0.6 is 15.9 Å². The predicted octanol–water partition coefficient (Wildman–Crippen LogP) is 3.87. The number of aryl methyl sites for hydroxylation is 1. The zero-order valence-corrected chi connectivity index (χ0v) is 12.7. The van der Waals surface area contributed by atoms with E-state index >= 15 is 0 Å². The van der Waals surface area contributed by atoms with Crippen molar-refractivity contribution in [1.82, 2.24) is 5.32 Å². The van der Waals surface area contributed by atoms with Crippen LogP contribution in [0.3, 0.4) is 0 Å². The number of carbonyl (C=O) groups is 1. The number of hydrogen-bond acceptors (Lipinski definition) is 1. The van der Waals surface area contributed by atoms with Gasteiger partial charge in [0.2, 0.25) is 0 Å². The molecule has 0 saturated heterocycles. The van der Waals surface area contributed by atoms with Gasteiger partial charge in [-0.25, -0.2) is 4.39 Å². The van der Waals surface area contributed by atoms with Crippen LogP contribution in [0, 0.1) is 12.7 Å². The third kappa shape index (κ3) is 3.90. The molecular formula is C16H15BrFNO. The number of hydrogen-bond donors (Lipinski definition) is 1. The van der Waals surface area contributed by atoms with Gasteiger partial charge in [0.05, 0.1) is 4.47 Å². The summed E-state index contributed by atoms with van der Waals surface area (Å²) in [5.74, 6) is -0.570. The van der Waals surface area contributed by atoms with Crippen LogP contribution in [0.5, 0.6) is 0 Å². The number of nitrogens with one attached hydrogen (secondary N) is 1. The van der Waals surface area contributed by atoms with Crippen LogP contribution in [-0.4, -0.2) is 12.5 Å². The van der Waals surface area contributed by atoms with Crippen molar-refractivity contribution in [1.29, 1.82) is 0 Å². The Morgan fingerprint density at radius 1 is 1.25 bits per heavy atom. The number of amides is 1. The zero-order chi connectivity index (χ0) is 14.5. The van der Waals surface area contributed by atoms with E-state index in [0.29, 0.717) is 16.6 Å². The first-order valence-corrected chi connectivity index (χ1v) is 7.14. The molecule has 0 saturated carbocycles. The summed E-state index contributed by atoms with van der Waals surface area (Å²) in [5.41, 5.74) is 2.84. The fourth-order valence-corrected chi connectivity index (χ4v) is 2.31. The van der Waals surface area contributed by atoms with Crippen molar-refractivity contribution in [2.24, 2.45) is 0 Å². The molecule has 2 aromatic rings. The Bertz CT molecular complexity index is 628. The van der Waals surface area contributed by atoms with Crippen LogP contribution in [0.15, 0.2) is 46.9 Å². The molecule has 0 radical (unpaired) electrons. The second kappa shape index (κ2) is 6.66. The second-order valence-corrected chi connectivity index (χ2v) is 5.48. The van der Waals surface area contributed by atoms with Gasteiger partial charge in [-0.15, -0.1) is 0 Å². The fourth-order valence-electron chi connectivity index (χ4n) is 1.93. The smallest absolute Gasteiger partial charge is 0.251 e. The monoisotopic (exact) mass is 335 g/mol. The van der Waals surface area contributed by atoms with Crippen LogP contribution in [0.1, 0.15) is 21.5 Å². The van der Waals surface area contributed by atoms with Gasteiger partial charge < -0.3 is 5.32 Å². The zero-order valence-electron chi connectivity index (χ0n) is 11.1. The molecule has 1 N–H and O–H groups in total. The molecule has 0 aliphatic heterocycles. The minimum absolute atomic E-state index is 0.196. The largest absolute Gasteiger partial charge is 0.352 e. The summed E-state index contributed by atoms with van der Waals surface area (Å²) in [5, 5.41) is 2.83. The average molecular weight is 336 g/mol. The van der Waals surface area contributed by atoms with E-state index in [1.165, 1.54) is 29.3 Å². The summed E-state index contributed by atoms with van der Waals surface area (Å²) >= 11 is 3.07. The number of halogens is 2. The SMILES string of the molecule is Cc1cccc(CCNC(=O)c2ccc(F)c(Br)c2)c1. The summed E-state index contributed by atoms with van der Waals surface area (Å²) in [6.45, 7) is 2.59. The highest BCUT2D eigenvalue weighted by atomic mass is 79.9. The minimum atomic E-state index is -0.374. The highest BCUT2D eigenvalue weighted by Crippen LogP contribution is 2.16. The maximum absolute atomic E-state index is 13.1. The highest BCUT2D eigenvalue weighted by molar-refractivity contribution is 9.10. The minimum Gasteiger partial charge on any atom is -0.352 e. The van der Waals surface area contributed by atoms with Gasteiger partial charge in [0, 0.05) is 12.1 Å². The normalized spacial score (nSPS) is 10.3. The van der Waals surface area contributed by atoms with Crippen LogP contribution in [0.4, 0.5) is 4.39 Å². The average Bonchev–Trinajstić information content (AvgIpc) is 2.42. The van der Waals surface area contributed by atoms with E-state index in [2.05, 4.69) is 27.3 Å². The Morgan fingerprint density at radius 3 is 2.75 bits per heavy atom. The molecule has 0 fully saturated rings. The van der Waals surface area contributed by atoms with Crippen molar-refractivity contribution in [3.8, 4) is 0 Å². The van der Waals surface area contributed by atoms with Gasteiger partial charge in [0.25, 0.3) is 5.91 Å². The summed E-state index contributed by atoms with van der Waals surface area (Å²) in [6, 6.07) is 12.4. The summed E-state index contributed by atoms with van der Waals surface area (Å²) in [6.07, 6.45) is 0.774. The van der Waals surface area contributed by atoms with E-state index in [1.54, 1.807) is 0 Å². The molecule has 0 bridgehead atoms. The Hall–Kier alpha value is -1.68. The molecular weight excluding hydrogens is 321 g/mol. The van der Waals surface area contributed by atoms with E-state index in [1.807, 2.05) is 25.1 Å². The Balaban J connectivity index is 1.90. The molecule has 104 valence electrons. The molecule has 0 aliphatic carbocycles. The van der Waals surface area contributed by atoms with Gasteiger partial charge in [-0.05, 0) is 53.0 Å². The molecule has 2 nitrogen and oxygen atoms in total. The lowest BCUT2D eigenvalue weighted by Gasteiger charge is -2.06. The fraction of sp³-hybridized carbons (Fsp3) is 0.188. The van der Waals surface area contributed by atoms with Crippen molar-refractivity contribution in [3.05, 3.63) is 69.4 Å². The predicted molar refractivity (Wildman–Crippen MR) is 81.3 cm³/mol. The first kappa shape index (κ1) is 14.7. The van der Waals surface area contributed by atoms with E-state index in [-0.39, 0.29) is 11.7 Å². The lowest BCUT2D eigenvalue weighted by Crippen LogP contribution is -2.25. The topological polar surface area (TPSA) is 29.1 Å². The molecule has 0 unspecified atom stereocenters. The number of rotatable bonds is 4. The van der Waals surface area contributed by atoms with Crippen LogP contribution in [0.25, 0.3) is 0 Å². The maximum atomic E-state index is 13.1. The van der Waals surface area contributed by atoms with Gasteiger partial charge in [0.1, 0.15) is 5.82 Å². The quantitative estimate of drug-likeness (QED) is 0.902.